The predicted octanol–water partition coefficient (Wildman–Crippen LogP) is 0.787. The van der Waals surface area contributed by atoms with Gasteiger partial charge < -0.3 is 5.32 Å². The van der Waals surface area contributed by atoms with Crippen molar-refractivity contribution >= 4 is 18.0 Å². The standard InChI is InChI=1S/C11H18N4O/c1-9-6-7-13-15(10(2)14-9)8-4-5-11(16)12-3/h4-5,7,9H,6,8H2,1-3H3,(H,12,16). The Morgan fingerprint density at radius 1 is 1.75 bits per heavy atom. The van der Waals surface area contributed by atoms with Crippen molar-refractivity contribution in [3.63, 3.8) is 0 Å². The van der Waals surface area contributed by atoms with Crippen LogP contribution in [0.5, 0.6) is 0 Å². The number of carbonyl (C=O) groups is 1. The summed E-state index contributed by atoms with van der Waals surface area (Å²) in [7, 11) is 1.60. The molecule has 1 unspecified atom stereocenters. The molecule has 0 aliphatic carbocycles. The van der Waals surface area contributed by atoms with Crippen LogP contribution in [-0.4, -0.2) is 42.6 Å². The lowest BCUT2D eigenvalue weighted by molar-refractivity contribution is -0.116. The van der Waals surface area contributed by atoms with Crippen LogP contribution in [0.2, 0.25) is 0 Å². The predicted molar refractivity (Wildman–Crippen MR) is 65.6 cm³/mol. The Labute approximate surface area is 95.9 Å². The molecule has 1 rings (SSSR count). The molecule has 1 N–H and O–H groups in total. The second kappa shape index (κ2) is 6.05. The molecule has 0 radical (unpaired) electrons. The van der Waals surface area contributed by atoms with E-state index < -0.39 is 0 Å². The number of hydrogen-bond donors (Lipinski definition) is 1. The van der Waals surface area contributed by atoms with Crippen LogP contribution < -0.4 is 5.32 Å². The summed E-state index contributed by atoms with van der Waals surface area (Å²) in [5.74, 6) is 0.768. The third kappa shape index (κ3) is 3.84. The van der Waals surface area contributed by atoms with Crippen LogP contribution in [0.1, 0.15) is 20.3 Å². The molecule has 88 valence electrons. The fourth-order valence-electron chi connectivity index (χ4n) is 1.34. The maximum atomic E-state index is 11.0. The number of carbonyl (C=O) groups excluding carboxylic acids is 1. The molecule has 5 heteroatoms. The average Bonchev–Trinajstić information content (AvgIpc) is 2.40. The number of amidine groups is 1. The monoisotopic (exact) mass is 222 g/mol. The molecule has 1 aliphatic heterocycles. The van der Waals surface area contributed by atoms with Crippen molar-refractivity contribution in [3.05, 3.63) is 12.2 Å². The van der Waals surface area contributed by atoms with Gasteiger partial charge in [0.1, 0.15) is 5.84 Å². The summed E-state index contributed by atoms with van der Waals surface area (Å²) < 4.78 is 0. The second-order valence-electron chi connectivity index (χ2n) is 3.66. The van der Waals surface area contributed by atoms with Crippen molar-refractivity contribution in [2.75, 3.05) is 13.6 Å². The van der Waals surface area contributed by atoms with Gasteiger partial charge in [-0.2, -0.15) is 5.10 Å². The summed E-state index contributed by atoms with van der Waals surface area (Å²) in [6.07, 6.45) is 5.98. The van der Waals surface area contributed by atoms with Gasteiger partial charge in [-0.1, -0.05) is 6.08 Å². The lowest BCUT2D eigenvalue weighted by Crippen LogP contribution is -2.24. The second-order valence-corrected chi connectivity index (χ2v) is 3.66. The Kier molecular flexibility index (Phi) is 4.69. The van der Waals surface area contributed by atoms with Gasteiger partial charge in [0.2, 0.25) is 5.91 Å². The number of nitrogens with zero attached hydrogens (tertiary/aromatic N) is 3. The lowest BCUT2D eigenvalue weighted by Gasteiger charge is -2.15. The van der Waals surface area contributed by atoms with Gasteiger partial charge in [0, 0.05) is 25.8 Å². The number of amides is 1. The van der Waals surface area contributed by atoms with Crippen LogP contribution in [0.25, 0.3) is 0 Å². The van der Waals surface area contributed by atoms with Crippen molar-refractivity contribution < 1.29 is 4.79 Å². The summed E-state index contributed by atoms with van der Waals surface area (Å²) in [5, 5.41) is 8.57. The molecule has 0 fully saturated rings. The Bertz CT molecular complexity index is 333. The van der Waals surface area contributed by atoms with Gasteiger partial charge >= 0.3 is 0 Å². The normalized spacial score (nSPS) is 20.8. The van der Waals surface area contributed by atoms with E-state index in [4.69, 9.17) is 0 Å². The molecule has 1 atom stereocenters. The van der Waals surface area contributed by atoms with Crippen molar-refractivity contribution in [2.24, 2.45) is 10.1 Å². The third-order valence-corrected chi connectivity index (χ3v) is 2.24. The molecule has 0 aromatic heterocycles. The van der Waals surface area contributed by atoms with E-state index in [0.29, 0.717) is 6.54 Å². The highest BCUT2D eigenvalue weighted by molar-refractivity contribution is 5.87. The first-order chi connectivity index (χ1) is 7.63. The Morgan fingerprint density at radius 3 is 3.19 bits per heavy atom. The summed E-state index contributed by atoms with van der Waals surface area (Å²) in [6, 6.07) is 0.275. The topological polar surface area (TPSA) is 57.1 Å². The van der Waals surface area contributed by atoms with E-state index in [1.165, 1.54) is 6.08 Å². The smallest absolute Gasteiger partial charge is 0.243 e. The number of aliphatic imine (C=N–C) groups is 1. The molecular weight excluding hydrogens is 204 g/mol. The minimum atomic E-state index is -0.109. The first-order valence-electron chi connectivity index (χ1n) is 5.36. The zero-order chi connectivity index (χ0) is 12.0. The van der Waals surface area contributed by atoms with Crippen molar-refractivity contribution in [1.29, 1.82) is 0 Å². The maximum Gasteiger partial charge on any atom is 0.243 e. The van der Waals surface area contributed by atoms with E-state index in [-0.39, 0.29) is 11.9 Å². The fourth-order valence-corrected chi connectivity index (χ4v) is 1.34. The quantitative estimate of drug-likeness (QED) is 0.718. The van der Waals surface area contributed by atoms with Gasteiger partial charge in [-0.15, -0.1) is 0 Å². The highest BCUT2D eigenvalue weighted by atomic mass is 16.1. The minimum Gasteiger partial charge on any atom is -0.356 e. The number of hydrogen-bond acceptors (Lipinski definition) is 4. The molecule has 16 heavy (non-hydrogen) atoms. The van der Waals surface area contributed by atoms with Gasteiger partial charge in [-0.05, 0) is 13.8 Å². The van der Waals surface area contributed by atoms with Crippen LogP contribution >= 0.6 is 0 Å². The SMILES string of the molecule is CNC(=O)C=CCN1N=CCC(C)N=C1C. The fraction of sp³-hybridized carbons (Fsp3) is 0.545. The van der Waals surface area contributed by atoms with E-state index in [9.17, 15) is 4.79 Å². The van der Waals surface area contributed by atoms with Crippen LogP contribution in [0.4, 0.5) is 0 Å². The maximum absolute atomic E-state index is 11.0. The van der Waals surface area contributed by atoms with E-state index in [1.807, 2.05) is 13.1 Å². The Hall–Kier alpha value is -1.65. The van der Waals surface area contributed by atoms with Gasteiger partial charge in [0.05, 0.1) is 12.6 Å². The number of likely N-dealkylation sites (N-methyl/N-ethyl adjacent to an activating group) is 1. The van der Waals surface area contributed by atoms with E-state index in [2.05, 4.69) is 22.3 Å². The van der Waals surface area contributed by atoms with Crippen molar-refractivity contribution in [1.82, 2.24) is 10.3 Å². The Balaban J connectivity index is 2.56. The van der Waals surface area contributed by atoms with Crippen LogP contribution in [0.3, 0.4) is 0 Å². The molecule has 1 aliphatic rings. The first-order valence-corrected chi connectivity index (χ1v) is 5.36. The summed E-state index contributed by atoms with van der Waals surface area (Å²) in [5.41, 5.74) is 0. The summed E-state index contributed by atoms with van der Waals surface area (Å²) in [4.78, 5) is 15.4. The number of hydrazone groups is 1. The lowest BCUT2D eigenvalue weighted by atomic mass is 10.3. The zero-order valence-corrected chi connectivity index (χ0v) is 9.97. The largest absolute Gasteiger partial charge is 0.356 e. The van der Waals surface area contributed by atoms with E-state index >= 15 is 0 Å². The van der Waals surface area contributed by atoms with Gasteiger partial charge in [0.25, 0.3) is 0 Å². The molecule has 0 saturated carbocycles. The first kappa shape index (κ1) is 12.4. The Morgan fingerprint density at radius 2 is 2.50 bits per heavy atom. The van der Waals surface area contributed by atoms with E-state index in [0.717, 1.165) is 12.3 Å². The summed E-state index contributed by atoms with van der Waals surface area (Å²) >= 11 is 0. The van der Waals surface area contributed by atoms with Gasteiger partial charge in [-0.3, -0.25) is 9.79 Å². The molecule has 1 amide bonds. The molecule has 0 aromatic carbocycles. The van der Waals surface area contributed by atoms with Gasteiger partial charge in [-0.25, -0.2) is 5.01 Å². The van der Waals surface area contributed by atoms with E-state index in [1.54, 1.807) is 18.1 Å². The molecule has 0 bridgehead atoms. The number of rotatable bonds is 3. The summed E-state index contributed by atoms with van der Waals surface area (Å²) in [6.45, 7) is 4.54. The number of nitrogens with one attached hydrogen (secondary N) is 1. The third-order valence-electron chi connectivity index (χ3n) is 2.24. The van der Waals surface area contributed by atoms with Crippen LogP contribution in [0, 0.1) is 0 Å². The highest BCUT2D eigenvalue weighted by Gasteiger charge is 2.08. The van der Waals surface area contributed by atoms with Crippen molar-refractivity contribution in [3.8, 4) is 0 Å². The van der Waals surface area contributed by atoms with Crippen LogP contribution in [-0.2, 0) is 4.79 Å². The molecule has 0 saturated heterocycles. The minimum absolute atomic E-state index is 0.109. The van der Waals surface area contributed by atoms with Crippen LogP contribution in [0.15, 0.2) is 22.2 Å². The van der Waals surface area contributed by atoms with Crippen molar-refractivity contribution in [2.45, 2.75) is 26.3 Å². The zero-order valence-electron chi connectivity index (χ0n) is 9.97. The molecule has 0 spiro atoms. The highest BCUT2D eigenvalue weighted by Crippen LogP contribution is 2.04. The average molecular weight is 222 g/mol. The molecule has 0 aromatic rings. The van der Waals surface area contributed by atoms with Gasteiger partial charge in [0.15, 0.2) is 0 Å². The molecule has 1 heterocycles. The molecular formula is C11H18N4O. The molecule has 5 nitrogen and oxygen atoms in total.